The van der Waals surface area contributed by atoms with E-state index >= 15 is 0 Å². The molecule has 128 valence electrons. The van der Waals surface area contributed by atoms with Crippen LogP contribution in [0.1, 0.15) is 60.3 Å². The molecular formula is C16H30N2O4. The highest BCUT2D eigenvalue weighted by molar-refractivity contribution is 5.74. The van der Waals surface area contributed by atoms with Crippen LogP contribution in [-0.4, -0.2) is 36.5 Å². The highest BCUT2D eigenvalue weighted by Crippen LogP contribution is 2.13. The van der Waals surface area contributed by atoms with Gasteiger partial charge in [0.25, 0.3) is 0 Å². The Morgan fingerprint density at radius 3 is 2.23 bits per heavy atom. The molecule has 0 saturated carbocycles. The normalized spacial score (nSPS) is 11.3. The molecule has 1 N–H and O–H groups in total. The van der Waals surface area contributed by atoms with E-state index in [0.29, 0.717) is 0 Å². The standard InChI is InChI=1S/C16H30N2O4/c1-6-9-10-11-14(12-13(4)5)18(16(20)22-8-3)17-15(19)21-7-2/h12,14H,6-11H2,1-5H3,(H,17,19). The molecule has 0 aliphatic heterocycles. The Balaban J connectivity index is 5.10. The molecule has 0 spiro atoms. The third kappa shape index (κ3) is 8.54. The molecule has 6 nitrogen and oxygen atoms in total. The summed E-state index contributed by atoms with van der Waals surface area (Å²) in [7, 11) is 0. The van der Waals surface area contributed by atoms with Crippen molar-refractivity contribution >= 4 is 12.2 Å². The summed E-state index contributed by atoms with van der Waals surface area (Å²) in [4.78, 5) is 23.8. The molecule has 0 aliphatic carbocycles. The predicted molar refractivity (Wildman–Crippen MR) is 86.4 cm³/mol. The van der Waals surface area contributed by atoms with Crippen molar-refractivity contribution in [1.82, 2.24) is 10.4 Å². The smallest absolute Gasteiger partial charge is 0.429 e. The van der Waals surface area contributed by atoms with Crippen LogP contribution in [0.15, 0.2) is 11.6 Å². The topological polar surface area (TPSA) is 67.9 Å². The third-order valence-electron chi connectivity index (χ3n) is 2.91. The van der Waals surface area contributed by atoms with Crippen LogP contribution in [0.25, 0.3) is 0 Å². The zero-order valence-electron chi connectivity index (χ0n) is 14.5. The van der Waals surface area contributed by atoms with E-state index in [9.17, 15) is 9.59 Å². The second kappa shape index (κ2) is 11.9. The van der Waals surface area contributed by atoms with Crippen molar-refractivity contribution < 1.29 is 19.1 Å². The van der Waals surface area contributed by atoms with Crippen LogP contribution in [0.4, 0.5) is 9.59 Å². The Morgan fingerprint density at radius 1 is 1.09 bits per heavy atom. The molecule has 0 saturated heterocycles. The number of carbonyl (C=O) groups excluding carboxylic acids is 2. The number of carbonyl (C=O) groups is 2. The molecule has 6 heteroatoms. The van der Waals surface area contributed by atoms with Gasteiger partial charge >= 0.3 is 12.2 Å². The summed E-state index contributed by atoms with van der Waals surface area (Å²) in [6, 6.07) is -0.250. The summed E-state index contributed by atoms with van der Waals surface area (Å²) >= 11 is 0. The van der Waals surface area contributed by atoms with Gasteiger partial charge in [-0.3, -0.25) is 0 Å². The number of nitrogens with one attached hydrogen (secondary N) is 1. The van der Waals surface area contributed by atoms with Crippen molar-refractivity contribution in [1.29, 1.82) is 0 Å². The highest BCUT2D eigenvalue weighted by Gasteiger charge is 2.25. The molecule has 0 aromatic heterocycles. The molecule has 0 heterocycles. The van der Waals surface area contributed by atoms with Gasteiger partial charge in [-0.2, -0.15) is 0 Å². The van der Waals surface area contributed by atoms with Crippen molar-refractivity contribution in [3.8, 4) is 0 Å². The average Bonchev–Trinajstić information content (AvgIpc) is 2.44. The molecule has 0 aromatic rings. The lowest BCUT2D eigenvalue weighted by Gasteiger charge is -2.29. The summed E-state index contributed by atoms with van der Waals surface area (Å²) in [5, 5.41) is 1.23. The fourth-order valence-electron chi connectivity index (χ4n) is 1.99. The Morgan fingerprint density at radius 2 is 1.73 bits per heavy atom. The van der Waals surface area contributed by atoms with Crippen molar-refractivity contribution in [2.75, 3.05) is 13.2 Å². The van der Waals surface area contributed by atoms with Gasteiger partial charge in [0, 0.05) is 0 Å². The van der Waals surface area contributed by atoms with E-state index < -0.39 is 12.2 Å². The molecule has 0 rings (SSSR count). The molecule has 1 atom stereocenters. The number of hydrazine groups is 1. The number of unbranched alkanes of at least 4 members (excludes halogenated alkanes) is 2. The number of amides is 2. The second-order valence-electron chi connectivity index (χ2n) is 5.21. The fraction of sp³-hybridized carbons (Fsp3) is 0.750. The first kappa shape index (κ1) is 20.3. The zero-order chi connectivity index (χ0) is 17.0. The van der Waals surface area contributed by atoms with Crippen LogP contribution in [-0.2, 0) is 9.47 Å². The lowest BCUT2D eigenvalue weighted by molar-refractivity contribution is 0.0614. The fourth-order valence-corrected chi connectivity index (χ4v) is 1.99. The maximum atomic E-state index is 12.1. The van der Waals surface area contributed by atoms with Gasteiger partial charge in [0.1, 0.15) is 0 Å². The van der Waals surface area contributed by atoms with Gasteiger partial charge in [-0.1, -0.05) is 37.8 Å². The van der Waals surface area contributed by atoms with E-state index in [1.54, 1.807) is 13.8 Å². The van der Waals surface area contributed by atoms with E-state index in [2.05, 4.69) is 12.3 Å². The van der Waals surface area contributed by atoms with Gasteiger partial charge < -0.3 is 9.47 Å². The SMILES string of the molecule is CCCCCC(C=C(C)C)N(NC(=O)OCC)C(=O)OCC. The minimum atomic E-state index is -0.654. The average molecular weight is 314 g/mol. The largest absolute Gasteiger partial charge is 0.449 e. The Labute approximate surface area is 133 Å². The molecule has 0 bridgehead atoms. The Kier molecular flexibility index (Phi) is 11.0. The molecule has 0 radical (unpaired) electrons. The summed E-state index contributed by atoms with van der Waals surface area (Å²) in [6.07, 6.45) is 4.61. The first-order valence-corrected chi connectivity index (χ1v) is 8.00. The lowest BCUT2D eigenvalue weighted by Crippen LogP contribution is -2.51. The Bertz CT molecular complexity index is 365. The van der Waals surface area contributed by atoms with Gasteiger partial charge in [-0.15, -0.1) is 0 Å². The van der Waals surface area contributed by atoms with Gasteiger partial charge in [0.15, 0.2) is 0 Å². The summed E-state index contributed by atoms with van der Waals surface area (Å²) < 4.78 is 9.90. The van der Waals surface area contributed by atoms with Gasteiger partial charge in [-0.25, -0.2) is 20.0 Å². The van der Waals surface area contributed by atoms with Crippen LogP contribution in [0.2, 0.25) is 0 Å². The van der Waals surface area contributed by atoms with Crippen molar-refractivity contribution in [3.05, 3.63) is 11.6 Å². The first-order chi connectivity index (χ1) is 10.5. The first-order valence-electron chi connectivity index (χ1n) is 8.00. The molecule has 0 aromatic carbocycles. The number of allylic oxidation sites excluding steroid dienone is 1. The van der Waals surface area contributed by atoms with E-state index in [1.165, 1.54) is 5.01 Å². The van der Waals surface area contributed by atoms with Crippen molar-refractivity contribution in [2.24, 2.45) is 0 Å². The summed E-state index contributed by atoms with van der Waals surface area (Å²) in [6.45, 7) is 9.97. The number of hydrogen-bond acceptors (Lipinski definition) is 4. The lowest BCUT2D eigenvalue weighted by atomic mass is 10.1. The molecule has 22 heavy (non-hydrogen) atoms. The molecule has 1 unspecified atom stereocenters. The quantitative estimate of drug-likeness (QED) is 0.417. The van der Waals surface area contributed by atoms with Crippen molar-refractivity contribution in [3.63, 3.8) is 0 Å². The van der Waals surface area contributed by atoms with Gasteiger partial charge in [0.05, 0.1) is 19.3 Å². The number of ether oxygens (including phenoxy) is 2. The summed E-state index contributed by atoms with van der Waals surface area (Å²) in [5.41, 5.74) is 3.56. The minimum Gasteiger partial charge on any atom is -0.449 e. The number of hydrogen-bond donors (Lipinski definition) is 1. The Hall–Kier alpha value is -1.72. The van der Waals surface area contributed by atoms with E-state index in [4.69, 9.17) is 9.47 Å². The van der Waals surface area contributed by atoms with E-state index in [-0.39, 0.29) is 19.3 Å². The van der Waals surface area contributed by atoms with Gasteiger partial charge in [-0.05, 0) is 34.1 Å². The number of nitrogens with zero attached hydrogens (tertiary/aromatic N) is 1. The molecule has 2 amide bonds. The van der Waals surface area contributed by atoms with E-state index in [1.807, 2.05) is 19.9 Å². The summed E-state index contributed by atoms with van der Waals surface area (Å²) in [5.74, 6) is 0. The highest BCUT2D eigenvalue weighted by atomic mass is 16.6. The zero-order valence-corrected chi connectivity index (χ0v) is 14.5. The van der Waals surface area contributed by atoms with Crippen LogP contribution < -0.4 is 5.43 Å². The van der Waals surface area contributed by atoms with Gasteiger partial charge in [0.2, 0.25) is 0 Å². The molecular weight excluding hydrogens is 284 g/mol. The van der Waals surface area contributed by atoms with Crippen LogP contribution in [0.3, 0.4) is 0 Å². The predicted octanol–water partition coefficient (Wildman–Crippen LogP) is 4.02. The monoisotopic (exact) mass is 314 g/mol. The van der Waals surface area contributed by atoms with Crippen molar-refractivity contribution in [2.45, 2.75) is 66.3 Å². The second-order valence-corrected chi connectivity index (χ2v) is 5.21. The maximum absolute atomic E-state index is 12.1. The third-order valence-corrected chi connectivity index (χ3v) is 2.91. The molecule has 0 fully saturated rings. The maximum Gasteiger partial charge on any atom is 0.429 e. The van der Waals surface area contributed by atoms with Crippen LogP contribution in [0, 0.1) is 0 Å². The minimum absolute atomic E-state index is 0.242. The van der Waals surface area contributed by atoms with Crippen LogP contribution in [0.5, 0.6) is 0 Å². The number of rotatable bonds is 8. The van der Waals surface area contributed by atoms with E-state index in [0.717, 1.165) is 31.3 Å². The molecule has 0 aliphatic rings. The van der Waals surface area contributed by atoms with Crippen LogP contribution >= 0.6 is 0 Å².